The molecule has 0 saturated heterocycles. The molecule has 6 nitrogen and oxygen atoms in total. The van der Waals surface area contributed by atoms with Crippen molar-refractivity contribution in [1.82, 2.24) is 9.97 Å². The number of nitrogens with two attached hydrogens (primary N) is 1. The summed E-state index contributed by atoms with van der Waals surface area (Å²) < 4.78 is 10.5. The fourth-order valence-corrected chi connectivity index (χ4v) is 2.23. The summed E-state index contributed by atoms with van der Waals surface area (Å²) >= 11 is 6.21. The molecule has 1 aromatic carbocycles. The van der Waals surface area contributed by atoms with E-state index in [0.717, 1.165) is 16.8 Å². The van der Waals surface area contributed by atoms with Gasteiger partial charge in [-0.15, -0.1) is 0 Å². The molecule has 112 valence electrons. The Balaban J connectivity index is 2.62. The van der Waals surface area contributed by atoms with Crippen molar-refractivity contribution in [3.8, 4) is 22.9 Å². The summed E-state index contributed by atoms with van der Waals surface area (Å²) in [5.41, 5.74) is 5.02. The molecule has 0 saturated carbocycles. The molecule has 0 atom stereocenters. The third-order valence-corrected chi connectivity index (χ3v) is 3.50. The highest BCUT2D eigenvalue weighted by Crippen LogP contribution is 2.38. The monoisotopic (exact) mass is 308 g/mol. The first-order chi connectivity index (χ1) is 10.0. The Bertz CT molecular complexity index is 677. The number of rotatable bonds is 4. The SMILES string of the molecule is COc1cc(-c2nc(C)c(C)c(NN)n2)cc(Cl)c1OC. The second-order valence-electron chi connectivity index (χ2n) is 4.44. The molecular weight excluding hydrogens is 292 g/mol. The van der Waals surface area contributed by atoms with Crippen molar-refractivity contribution in [3.63, 3.8) is 0 Å². The highest BCUT2D eigenvalue weighted by molar-refractivity contribution is 6.32. The zero-order valence-corrected chi connectivity index (χ0v) is 13.1. The van der Waals surface area contributed by atoms with Crippen molar-refractivity contribution >= 4 is 17.4 Å². The highest BCUT2D eigenvalue weighted by atomic mass is 35.5. The summed E-state index contributed by atoms with van der Waals surface area (Å²) in [6.07, 6.45) is 0. The number of hydrogen-bond acceptors (Lipinski definition) is 6. The number of aromatic nitrogens is 2. The number of anilines is 1. The normalized spacial score (nSPS) is 10.4. The zero-order chi connectivity index (χ0) is 15.6. The van der Waals surface area contributed by atoms with E-state index in [4.69, 9.17) is 26.9 Å². The van der Waals surface area contributed by atoms with Crippen LogP contribution in [0.25, 0.3) is 11.4 Å². The Morgan fingerprint density at radius 3 is 2.43 bits per heavy atom. The molecule has 0 aliphatic rings. The van der Waals surface area contributed by atoms with Crippen LogP contribution in [0.1, 0.15) is 11.3 Å². The molecule has 0 spiro atoms. The molecule has 0 unspecified atom stereocenters. The van der Waals surface area contributed by atoms with Gasteiger partial charge in [0.1, 0.15) is 5.82 Å². The van der Waals surface area contributed by atoms with Gasteiger partial charge in [-0.3, -0.25) is 0 Å². The van der Waals surface area contributed by atoms with E-state index in [1.54, 1.807) is 19.2 Å². The Hall–Kier alpha value is -2.05. The molecule has 7 heteroatoms. The smallest absolute Gasteiger partial charge is 0.179 e. The lowest BCUT2D eigenvalue weighted by molar-refractivity contribution is 0.355. The van der Waals surface area contributed by atoms with Gasteiger partial charge in [-0.05, 0) is 26.0 Å². The lowest BCUT2D eigenvalue weighted by Crippen LogP contribution is -2.12. The van der Waals surface area contributed by atoms with Gasteiger partial charge in [-0.2, -0.15) is 0 Å². The van der Waals surface area contributed by atoms with Crippen LogP contribution in [-0.4, -0.2) is 24.2 Å². The maximum Gasteiger partial charge on any atom is 0.179 e. The first kappa shape index (κ1) is 15.3. The maximum absolute atomic E-state index is 6.21. The lowest BCUT2D eigenvalue weighted by Gasteiger charge is -2.13. The van der Waals surface area contributed by atoms with Crippen molar-refractivity contribution < 1.29 is 9.47 Å². The number of hydrazine groups is 1. The fraction of sp³-hybridized carbons (Fsp3) is 0.286. The third kappa shape index (κ3) is 2.86. The molecule has 1 heterocycles. The lowest BCUT2D eigenvalue weighted by atomic mass is 10.1. The van der Waals surface area contributed by atoms with E-state index in [0.29, 0.717) is 28.2 Å². The van der Waals surface area contributed by atoms with Crippen LogP contribution >= 0.6 is 11.6 Å². The minimum absolute atomic E-state index is 0.427. The van der Waals surface area contributed by atoms with Gasteiger partial charge in [0.25, 0.3) is 0 Å². The first-order valence-corrected chi connectivity index (χ1v) is 6.63. The molecule has 0 radical (unpaired) electrons. The van der Waals surface area contributed by atoms with Gasteiger partial charge in [0.05, 0.1) is 19.2 Å². The predicted molar refractivity (Wildman–Crippen MR) is 82.9 cm³/mol. The molecule has 0 fully saturated rings. The Morgan fingerprint density at radius 2 is 1.86 bits per heavy atom. The minimum Gasteiger partial charge on any atom is -0.493 e. The van der Waals surface area contributed by atoms with Gasteiger partial charge in [0.15, 0.2) is 17.3 Å². The molecule has 3 N–H and O–H groups in total. The number of nitrogen functional groups attached to an aromatic ring is 1. The predicted octanol–water partition coefficient (Wildman–Crippen LogP) is 2.72. The van der Waals surface area contributed by atoms with Crippen LogP contribution in [0.5, 0.6) is 11.5 Å². The number of ether oxygens (including phenoxy) is 2. The van der Waals surface area contributed by atoms with E-state index in [1.807, 2.05) is 13.8 Å². The summed E-state index contributed by atoms with van der Waals surface area (Å²) in [4.78, 5) is 8.85. The summed E-state index contributed by atoms with van der Waals surface area (Å²) in [6.45, 7) is 3.79. The van der Waals surface area contributed by atoms with E-state index >= 15 is 0 Å². The Kier molecular flexibility index (Phi) is 4.50. The highest BCUT2D eigenvalue weighted by Gasteiger charge is 2.15. The van der Waals surface area contributed by atoms with Gasteiger partial charge in [-0.1, -0.05) is 11.6 Å². The van der Waals surface area contributed by atoms with E-state index in [-0.39, 0.29) is 0 Å². The van der Waals surface area contributed by atoms with Gasteiger partial charge >= 0.3 is 0 Å². The topological polar surface area (TPSA) is 82.3 Å². The van der Waals surface area contributed by atoms with Gasteiger partial charge in [0.2, 0.25) is 0 Å². The third-order valence-electron chi connectivity index (χ3n) is 3.22. The maximum atomic E-state index is 6.21. The molecule has 0 amide bonds. The zero-order valence-electron chi connectivity index (χ0n) is 12.3. The van der Waals surface area contributed by atoms with E-state index < -0.39 is 0 Å². The minimum atomic E-state index is 0.427. The van der Waals surface area contributed by atoms with Crippen molar-refractivity contribution in [2.45, 2.75) is 13.8 Å². The first-order valence-electron chi connectivity index (χ1n) is 6.25. The quantitative estimate of drug-likeness (QED) is 0.667. The molecular formula is C14H17ClN4O2. The van der Waals surface area contributed by atoms with Crippen LogP contribution in [0, 0.1) is 13.8 Å². The van der Waals surface area contributed by atoms with Crippen LogP contribution in [0.3, 0.4) is 0 Å². The summed E-state index contributed by atoms with van der Waals surface area (Å²) in [5, 5.41) is 0.427. The van der Waals surface area contributed by atoms with Gasteiger partial charge in [0, 0.05) is 16.8 Å². The average molecular weight is 309 g/mol. The second kappa shape index (κ2) is 6.15. The molecule has 2 rings (SSSR count). The summed E-state index contributed by atoms with van der Waals surface area (Å²) in [6, 6.07) is 3.50. The van der Waals surface area contributed by atoms with Crippen LogP contribution in [0.15, 0.2) is 12.1 Å². The summed E-state index contributed by atoms with van der Waals surface area (Å²) in [5.74, 6) is 7.56. The molecule has 0 bridgehead atoms. The second-order valence-corrected chi connectivity index (χ2v) is 4.85. The van der Waals surface area contributed by atoms with E-state index in [9.17, 15) is 0 Å². The van der Waals surface area contributed by atoms with Gasteiger partial charge in [-0.25, -0.2) is 15.8 Å². The number of halogens is 1. The number of methoxy groups -OCH3 is 2. The number of nitrogens with zero attached hydrogens (tertiary/aromatic N) is 2. The molecule has 0 aliphatic heterocycles. The number of nitrogens with one attached hydrogen (secondary N) is 1. The van der Waals surface area contributed by atoms with Crippen molar-refractivity contribution in [2.24, 2.45) is 5.84 Å². The van der Waals surface area contributed by atoms with Gasteiger partial charge < -0.3 is 14.9 Å². The Labute approximate surface area is 128 Å². The van der Waals surface area contributed by atoms with Crippen molar-refractivity contribution in [3.05, 3.63) is 28.4 Å². The van der Waals surface area contributed by atoms with Crippen LogP contribution in [0.2, 0.25) is 5.02 Å². The molecule has 21 heavy (non-hydrogen) atoms. The standard InChI is InChI=1S/C14H17ClN4O2/c1-7-8(2)17-14(18-13(7)19-16)9-5-10(15)12(21-4)11(6-9)20-3/h5-6H,16H2,1-4H3,(H,17,18,19). The van der Waals surface area contributed by atoms with Crippen LogP contribution in [-0.2, 0) is 0 Å². The fourth-order valence-electron chi connectivity index (χ4n) is 1.95. The molecule has 2 aromatic rings. The Morgan fingerprint density at radius 1 is 1.14 bits per heavy atom. The van der Waals surface area contributed by atoms with Crippen molar-refractivity contribution in [2.75, 3.05) is 19.6 Å². The van der Waals surface area contributed by atoms with Crippen molar-refractivity contribution in [1.29, 1.82) is 0 Å². The number of benzene rings is 1. The van der Waals surface area contributed by atoms with E-state index in [2.05, 4.69) is 15.4 Å². The van der Waals surface area contributed by atoms with Crippen LogP contribution < -0.4 is 20.7 Å². The molecule has 1 aromatic heterocycles. The number of hydrogen-bond donors (Lipinski definition) is 2. The summed E-state index contributed by atoms with van der Waals surface area (Å²) in [7, 11) is 3.08. The largest absolute Gasteiger partial charge is 0.493 e. The molecule has 0 aliphatic carbocycles. The van der Waals surface area contributed by atoms with Crippen LogP contribution in [0.4, 0.5) is 5.82 Å². The van der Waals surface area contributed by atoms with E-state index in [1.165, 1.54) is 7.11 Å². The average Bonchev–Trinajstić information content (AvgIpc) is 2.48. The number of aryl methyl sites for hydroxylation is 1.